The van der Waals surface area contributed by atoms with Crippen LogP contribution in [-0.2, 0) is 19.5 Å². The number of pyridine rings is 1. The summed E-state index contributed by atoms with van der Waals surface area (Å²) in [5.74, 6) is 0.580. The van der Waals surface area contributed by atoms with Crippen LogP contribution in [0.15, 0.2) is 53.7 Å². The average Bonchev–Trinajstić information content (AvgIpc) is 3.43. The van der Waals surface area contributed by atoms with Gasteiger partial charge in [-0.15, -0.1) is 5.10 Å². The Hall–Kier alpha value is -3.55. The van der Waals surface area contributed by atoms with E-state index >= 15 is 0 Å². The van der Waals surface area contributed by atoms with E-state index in [1.165, 1.54) is 0 Å². The molecule has 0 saturated carbocycles. The number of aromatic nitrogens is 7. The van der Waals surface area contributed by atoms with Crippen molar-refractivity contribution in [2.24, 2.45) is 0 Å². The lowest BCUT2D eigenvalue weighted by Gasteiger charge is -2.10. The van der Waals surface area contributed by atoms with E-state index in [2.05, 4.69) is 63.7 Å². The van der Waals surface area contributed by atoms with Crippen LogP contribution < -0.4 is 5.69 Å². The SMILES string of the molecule is CCCCn1cc(CCC)n(Cc2ccc(-c3ccncc3-c3nnn[nH]3)cc2)c1=O. The summed E-state index contributed by atoms with van der Waals surface area (Å²) in [6.07, 6.45) is 9.54. The molecular weight excluding hydrogens is 390 g/mol. The second-order valence-electron chi connectivity index (χ2n) is 7.65. The van der Waals surface area contributed by atoms with Crippen molar-refractivity contribution >= 4 is 0 Å². The van der Waals surface area contributed by atoms with Crippen LogP contribution in [0.4, 0.5) is 0 Å². The molecule has 1 aromatic carbocycles. The summed E-state index contributed by atoms with van der Waals surface area (Å²) in [7, 11) is 0. The lowest BCUT2D eigenvalue weighted by Crippen LogP contribution is -2.25. The van der Waals surface area contributed by atoms with E-state index in [9.17, 15) is 4.79 Å². The van der Waals surface area contributed by atoms with Gasteiger partial charge in [0.2, 0.25) is 0 Å². The molecule has 3 aromatic heterocycles. The zero-order chi connectivity index (χ0) is 21.6. The van der Waals surface area contributed by atoms with Gasteiger partial charge < -0.3 is 0 Å². The molecule has 0 amide bonds. The Kier molecular flexibility index (Phi) is 6.35. The summed E-state index contributed by atoms with van der Waals surface area (Å²) in [4.78, 5) is 17.1. The quantitative estimate of drug-likeness (QED) is 0.448. The molecule has 1 N–H and O–H groups in total. The van der Waals surface area contributed by atoms with Crippen molar-refractivity contribution < 1.29 is 0 Å². The smallest absolute Gasteiger partial charge is 0.299 e. The summed E-state index contributed by atoms with van der Waals surface area (Å²) in [6.45, 7) is 5.63. The predicted octanol–water partition coefficient (Wildman–Crippen LogP) is 3.69. The number of nitrogens with zero attached hydrogens (tertiary/aromatic N) is 6. The number of benzene rings is 1. The molecule has 0 aliphatic rings. The van der Waals surface area contributed by atoms with E-state index in [0.29, 0.717) is 12.4 Å². The Labute approximate surface area is 181 Å². The summed E-state index contributed by atoms with van der Waals surface area (Å²) in [6, 6.07) is 10.2. The molecule has 0 bridgehead atoms. The third-order valence-electron chi connectivity index (χ3n) is 5.41. The van der Waals surface area contributed by atoms with Crippen LogP contribution in [0, 0.1) is 0 Å². The molecule has 0 radical (unpaired) electrons. The van der Waals surface area contributed by atoms with Crippen molar-refractivity contribution in [2.45, 2.75) is 52.6 Å². The Morgan fingerprint density at radius 3 is 2.58 bits per heavy atom. The number of aryl methyl sites for hydroxylation is 2. The fraction of sp³-hybridized carbons (Fsp3) is 0.348. The maximum absolute atomic E-state index is 12.9. The lowest BCUT2D eigenvalue weighted by molar-refractivity contribution is 0.592. The first-order valence-electron chi connectivity index (χ1n) is 10.8. The van der Waals surface area contributed by atoms with E-state index in [4.69, 9.17) is 0 Å². The van der Waals surface area contributed by atoms with Crippen LogP contribution in [0.2, 0.25) is 0 Å². The third-order valence-corrected chi connectivity index (χ3v) is 5.41. The third kappa shape index (κ3) is 4.47. The Morgan fingerprint density at radius 2 is 1.87 bits per heavy atom. The van der Waals surface area contributed by atoms with Crippen molar-refractivity contribution in [1.29, 1.82) is 0 Å². The van der Waals surface area contributed by atoms with Gasteiger partial charge in [0.15, 0.2) is 5.82 Å². The standard InChI is InChI=1S/C23H27N7O/c1-3-5-13-29-16-19(6-4-2)30(23(29)31)15-17-7-9-18(10-8-17)20-11-12-24-14-21(20)22-25-27-28-26-22/h7-12,14,16H,3-6,13,15H2,1-2H3,(H,25,26,27,28). The highest BCUT2D eigenvalue weighted by Gasteiger charge is 2.13. The van der Waals surface area contributed by atoms with E-state index in [1.54, 1.807) is 12.4 Å². The Bertz CT molecular complexity index is 1170. The molecule has 4 aromatic rings. The number of aromatic amines is 1. The number of unbranched alkanes of at least 4 members (excludes halogenated alkanes) is 1. The van der Waals surface area contributed by atoms with Crippen LogP contribution in [0.3, 0.4) is 0 Å². The fourth-order valence-corrected chi connectivity index (χ4v) is 3.78. The minimum absolute atomic E-state index is 0.0789. The zero-order valence-electron chi connectivity index (χ0n) is 18.0. The molecule has 3 heterocycles. The summed E-state index contributed by atoms with van der Waals surface area (Å²) in [5, 5.41) is 14.1. The van der Waals surface area contributed by atoms with Gasteiger partial charge in [0.25, 0.3) is 0 Å². The Balaban J connectivity index is 1.61. The first kappa shape index (κ1) is 20.7. The number of nitrogens with one attached hydrogen (secondary N) is 1. The normalized spacial score (nSPS) is 11.2. The molecule has 8 heteroatoms. The number of rotatable bonds is 9. The molecule has 0 spiro atoms. The largest absolute Gasteiger partial charge is 0.328 e. The van der Waals surface area contributed by atoms with Gasteiger partial charge in [-0.1, -0.05) is 51.0 Å². The van der Waals surface area contributed by atoms with Crippen molar-refractivity contribution in [2.75, 3.05) is 0 Å². The lowest BCUT2D eigenvalue weighted by atomic mass is 10.00. The number of imidazole rings is 1. The fourth-order valence-electron chi connectivity index (χ4n) is 3.78. The zero-order valence-corrected chi connectivity index (χ0v) is 18.0. The highest BCUT2D eigenvalue weighted by Crippen LogP contribution is 2.29. The summed E-state index contributed by atoms with van der Waals surface area (Å²) in [5.41, 5.74) is 5.15. The number of tetrazole rings is 1. The van der Waals surface area contributed by atoms with E-state index < -0.39 is 0 Å². The van der Waals surface area contributed by atoms with Crippen LogP contribution in [-0.4, -0.2) is 34.7 Å². The number of H-pyrrole nitrogens is 1. The van der Waals surface area contributed by atoms with Gasteiger partial charge >= 0.3 is 5.69 Å². The highest BCUT2D eigenvalue weighted by molar-refractivity contribution is 5.79. The molecular formula is C23H27N7O. The van der Waals surface area contributed by atoms with Gasteiger partial charge in [-0.25, -0.2) is 9.89 Å². The number of hydrogen-bond acceptors (Lipinski definition) is 5. The van der Waals surface area contributed by atoms with Crippen molar-refractivity contribution in [1.82, 2.24) is 34.7 Å². The van der Waals surface area contributed by atoms with Crippen molar-refractivity contribution in [3.8, 4) is 22.5 Å². The average molecular weight is 418 g/mol. The maximum Gasteiger partial charge on any atom is 0.328 e. The van der Waals surface area contributed by atoms with Crippen LogP contribution >= 0.6 is 0 Å². The predicted molar refractivity (Wildman–Crippen MR) is 120 cm³/mol. The van der Waals surface area contributed by atoms with Crippen molar-refractivity contribution in [3.05, 3.63) is 70.7 Å². The second kappa shape index (κ2) is 9.51. The summed E-state index contributed by atoms with van der Waals surface area (Å²) < 4.78 is 3.77. The second-order valence-corrected chi connectivity index (χ2v) is 7.65. The minimum Gasteiger partial charge on any atom is -0.299 e. The van der Waals surface area contributed by atoms with Crippen LogP contribution in [0.5, 0.6) is 0 Å². The molecule has 0 fully saturated rings. The Morgan fingerprint density at radius 1 is 1.03 bits per heavy atom. The maximum atomic E-state index is 12.9. The monoisotopic (exact) mass is 417 g/mol. The van der Waals surface area contributed by atoms with Gasteiger partial charge in [-0.05, 0) is 46.0 Å². The molecule has 8 nitrogen and oxygen atoms in total. The van der Waals surface area contributed by atoms with Crippen molar-refractivity contribution in [3.63, 3.8) is 0 Å². The minimum atomic E-state index is 0.0789. The highest BCUT2D eigenvalue weighted by atomic mass is 16.1. The molecule has 160 valence electrons. The van der Waals surface area contributed by atoms with Gasteiger partial charge in [0.05, 0.1) is 6.54 Å². The van der Waals surface area contributed by atoms with Gasteiger partial charge in [-0.3, -0.25) is 14.1 Å². The first-order chi connectivity index (χ1) is 15.2. The number of hydrogen-bond donors (Lipinski definition) is 1. The van der Waals surface area contributed by atoms with Gasteiger partial charge in [-0.2, -0.15) is 0 Å². The van der Waals surface area contributed by atoms with Gasteiger partial charge in [0, 0.05) is 36.4 Å². The summed E-state index contributed by atoms with van der Waals surface area (Å²) >= 11 is 0. The molecule has 31 heavy (non-hydrogen) atoms. The molecule has 0 unspecified atom stereocenters. The van der Waals surface area contributed by atoms with Gasteiger partial charge in [0.1, 0.15) is 0 Å². The van der Waals surface area contributed by atoms with E-state index in [1.807, 2.05) is 21.4 Å². The topological polar surface area (TPSA) is 94.3 Å². The molecule has 0 atom stereocenters. The van der Waals surface area contributed by atoms with E-state index in [-0.39, 0.29) is 5.69 Å². The van der Waals surface area contributed by atoms with Crippen LogP contribution in [0.25, 0.3) is 22.5 Å². The first-order valence-corrected chi connectivity index (χ1v) is 10.8. The van der Waals surface area contributed by atoms with E-state index in [0.717, 1.165) is 60.2 Å². The van der Waals surface area contributed by atoms with Crippen LogP contribution in [0.1, 0.15) is 44.4 Å². The molecule has 0 aliphatic heterocycles. The molecule has 4 rings (SSSR count). The molecule has 0 saturated heterocycles. The molecule has 0 aliphatic carbocycles.